The number of aryl methyl sites for hydroxylation is 2. The van der Waals surface area contributed by atoms with E-state index in [9.17, 15) is 0 Å². The number of hydrogen-bond donors (Lipinski definition) is 0. The monoisotopic (exact) mass is 260 g/mol. The van der Waals surface area contributed by atoms with Crippen LogP contribution in [-0.4, -0.2) is 6.15 Å². The van der Waals surface area contributed by atoms with Crippen molar-refractivity contribution < 1.29 is 9.59 Å². The van der Waals surface area contributed by atoms with Crippen molar-refractivity contribution in [3.63, 3.8) is 0 Å². The van der Waals surface area contributed by atoms with Gasteiger partial charge in [0.15, 0.2) is 0 Å². The number of benzene rings is 1. The summed E-state index contributed by atoms with van der Waals surface area (Å²) in [5, 5.41) is 0. The first-order chi connectivity index (χ1) is 8.65. The van der Waals surface area contributed by atoms with Crippen molar-refractivity contribution in [3.05, 3.63) is 34.4 Å². The smallest absolute Gasteiger partial charge is 0.186 e. The zero-order chi connectivity index (χ0) is 14.8. The van der Waals surface area contributed by atoms with Gasteiger partial charge in [-0.05, 0) is 54.2 Å². The SMILES string of the molecule is Cc1cc(C)c2c(c1)C(C)(C)CCC2(C)C.O=C=O. The molecule has 1 aromatic rings. The van der Waals surface area contributed by atoms with Crippen LogP contribution in [0.25, 0.3) is 0 Å². The Balaban J connectivity index is 0.000000550. The van der Waals surface area contributed by atoms with E-state index in [1.54, 1.807) is 11.1 Å². The van der Waals surface area contributed by atoms with Crippen molar-refractivity contribution in [1.82, 2.24) is 0 Å². The lowest BCUT2D eigenvalue weighted by atomic mass is 9.62. The minimum atomic E-state index is 0.250. The molecule has 19 heavy (non-hydrogen) atoms. The second-order valence-electron chi connectivity index (χ2n) is 6.86. The van der Waals surface area contributed by atoms with Gasteiger partial charge in [0.1, 0.15) is 0 Å². The first-order valence-electron chi connectivity index (χ1n) is 6.77. The van der Waals surface area contributed by atoms with Crippen LogP contribution in [0.2, 0.25) is 0 Å². The van der Waals surface area contributed by atoms with Gasteiger partial charge in [0.25, 0.3) is 0 Å². The molecule has 0 unspecified atom stereocenters. The van der Waals surface area contributed by atoms with E-state index in [4.69, 9.17) is 9.59 Å². The fourth-order valence-electron chi connectivity index (χ4n) is 3.28. The molecular weight excluding hydrogens is 236 g/mol. The molecule has 0 atom stereocenters. The molecule has 0 bridgehead atoms. The Morgan fingerprint density at radius 3 is 1.95 bits per heavy atom. The third kappa shape index (κ3) is 3.13. The predicted octanol–water partition coefficient (Wildman–Crippen LogP) is 4.07. The van der Waals surface area contributed by atoms with Crippen LogP contribution >= 0.6 is 0 Å². The zero-order valence-corrected chi connectivity index (χ0v) is 12.9. The van der Waals surface area contributed by atoms with E-state index in [-0.39, 0.29) is 6.15 Å². The van der Waals surface area contributed by atoms with Crippen molar-refractivity contribution in [2.24, 2.45) is 0 Å². The van der Waals surface area contributed by atoms with Gasteiger partial charge in [-0.15, -0.1) is 0 Å². The summed E-state index contributed by atoms with van der Waals surface area (Å²) in [5.41, 5.74) is 6.77. The molecule has 104 valence electrons. The highest BCUT2D eigenvalue weighted by Crippen LogP contribution is 2.47. The molecule has 1 aliphatic carbocycles. The second kappa shape index (κ2) is 5.30. The Morgan fingerprint density at radius 2 is 1.42 bits per heavy atom. The normalized spacial score (nSPS) is 18.6. The van der Waals surface area contributed by atoms with E-state index in [1.165, 1.54) is 24.0 Å². The molecule has 1 aliphatic rings. The van der Waals surface area contributed by atoms with Crippen LogP contribution in [0.1, 0.15) is 62.8 Å². The van der Waals surface area contributed by atoms with Crippen LogP contribution in [0.15, 0.2) is 12.1 Å². The maximum Gasteiger partial charge on any atom is 0.373 e. The average Bonchev–Trinajstić information content (AvgIpc) is 2.25. The van der Waals surface area contributed by atoms with Crippen molar-refractivity contribution in [2.75, 3.05) is 0 Å². The van der Waals surface area contributed by atoms with Gasteiger partial charge in [-0.3, -0.25) is 0 Å². The Kier molecular flexibility index (Phi) is 4.37. The van der Waals surface area contributed by atoms with Crippen LogP contribution in [-0.2, 0) is 20.4 Å². The van der Waals surface area contributed by atoms with Gasteiger partial charge in [0.05, 0.1) is 0 Å². The van der Waals surface area contributed by atoms with Crippen molar-refractivity contribution in [3.8, 4) is 0 Å². The molecule has 0 spiro atoms. The number of hydrogen-bond acceptors (Lipinski definition) is 2. The Morgan fingerprint density at radius 1 is 0.947 bits per heavy atom. The largest absolute Gasteiger partial charge is 0.373 e. The lowest BCUT2D eigenvalue weighted by molar-refractivity contribution is -0.191. The zero-order valence-electron chi connectivity index (χ0n) is 12.9. The van der Waals surface area contributed by atoms with Crippen molar-refractivity contribution in [1.29, 1.82) is 0 Å². The van der Waals surface area contributed by atoms with E-state index in [0.29, 0.717) is 10.8 Å². The van der Waals surface area contributed by atoms with E-state index < -0.39 is 0 Å². The molecule has 0 aliphatic heterocycles. The van der Waals surface area contributed by atoms with Gasteiger partial charge >= 0.3 is 6.15 Å². The van der Waals surface area contributed by atoms with Gasteiger partial charge in [0, 0.05) is 0 Å². The summed E-state index contributed by atoms with van der Waals surface area (Å²) in [6.45, 7) is 14.0. The van der Waals surface area contributed by atoms with Crippen LogP contribution in [0.3, 0.4) is 0 Å². The van der Waals surface area contributed by atoms with Gasteiger partial charge in [0.2, 0.25) is 0 Å². The molecule has 2 nitrogen and oxygen atoms in total. The highest BCUT2D eigenvalue weighted by Gasteiger charge is 2.37. The topological polar surface area (TPSA) is 34.1 Å². The standard InChI is InChI=1S/C16H24.CO2/c1-11-9-12(2)14-13(10-11)15(3,4)7-8-16(14,5)6;2-1-3/h9-10H,7-8H2,1-6H3;. The third-order valence-electron chi connectivity index (χ3n) is 4.26. The van der Waals surface area contributed by atoms with Crippen LogP contribution in [0.5, 0.6) is 0 Å². The number of rotatable bonds is 0. The quantitative estimate of drug-likeness (QED) is 0.704. The highest BCUT2D eigenvalue weighted by molar-refractivity contribution is 5.48. The minimum Gasteiger partial charge on any atom is -0.186 e. The summed E-state index contributed by atoms with van der Waals surface area (Å²) >= 11 is 0. The predicted molar refractivity (Wildman–Crippen MR) is 76.2 cm³/mol. The summed E-state index contributed by atoms with van der Waals surface area (Å²) in [4.78, 5) is 16.2. The molecule has 0 amide bonds. The second-order valence-corrected chi connectivity index (χ2v) is 6.86. The third-order valence-corrected chi connectivity index (χ3v) is 4.26. The van der Waals surface area contributed by atoms with Crippen LogP contribution in [0.4, 0.5) is 0 Å². The van der Waals surface area contributed by atoms with Gasteiger partial charge < -0.3 is 0 Å². The molecule has 0 saturated heterocycles. The fraction of sp³-hybridized carbons (Fsp3) is 0.588. The number of carbonyl (C=O) groups excluding carboxylic acids is 2. The Labute approximate surface area is 116 Å². The molecule has 1 aromatic carbocycles. The lowest BCUT2D eigenvalue weighted by Crippen LogP contribution is -2.34. The van der Waals surface area contributed by atoms with E-state index >= 15 is 0 Å². The van der Waals surface area contributed by atoms with Gasteiger partial charge in [-0.1, -0.05) is 45.4 Å². The molecule has 0 heterocycles. The van der Waals surface area contributed by atoms with E-state index in [1.807, 2.05) is 0 Å². The maximum absolute atomic E-state index is 8.12. The highest BCUT2D eigenvalue weighted by atomic mass is 16.2. The first-order valence-corrected chi connectivity index (χ1v) is 6.77. The van der Waals surface area contributed by atoms with E-state index in [2.05, 4.69) is 53.7 Å². The summed E-state index contributed by atoms with van der Waals surface area (Å²) in [6, 6.07) is 4.74. The lowest BCUT2D eigenvalue weighted by Gasteiger charge is -2.43. The molecule has 0 N–H and O–H groups in total. The Hall–Kier alpha value is -1.40. The molecule has 0 aromatic heterocycles. The van der Waals surface area contributed by atoms with E-state index in [0.717, 1.165) is 0 Å². The first kappa shape index (κ1) is 15.7. The van der Waals surface area contributed by atoms with Crippen molar-refractivity contribution >= 4 is 6.15 Å². The van der Waals surface area contributed by atoms with Crippen molar-refractivity contribution in [2.45, 2.75) is 65.2 Å². The van der Waals surface area contributed by atoms with Gasteiger partial charge in [-0.2, -0.15) is 9.59 Å². The average molecular weight is 260 g/mol. The molecule has 0 radical (unpaired) electrons. The van der Waals surface area contributed by atoms with Gasteiger partial charge in [-0.25, -0.2) is 0 Å². The summed E-state index contributed by atoms with van der Waals surface area (Å²) < 4.78 is 0. The summed E-state index contributed by atoms with van der Waals surface area (Å²) in [7, 11) is 0. The molecule has 0 saturated carbocycles. The minimum absolute atomic E-state index is 0.250. The van der Waals surface area contributed by atoms with Crippen LogP contribution in [0, 0.1) is 13.8 Å². The molecule has 0 fully saturated rings. The fourth-order valence-corrected chi connectivity index (χ4v) is 3.28. The Bertz CT molecular complexity index is 504. The maximum atomic E-state index is 8.12. The molecular formula is C17H24O2. The summed E-state index contributed by atoms with van der Waals surface area (Å²) in [6.07, 6.45) is 2.85. The number of fused-ring (bicyclic) bond motifs is 1. The summed E-state index contributed by atoms with van der Waals surface area (Å²) in [5.74, 6) is 0. The van der Waals surface area contributed by atoms with Crippen LogP contribution < -0.4 is 0 Å². The molecule has 2 rings (SSSR count). The molecule has 2 heteroatoms.